The molecule has 0 bridgehead atoms. The molecule has 0 spiro atoms. The molecule has 7 nitrogen and oxygen atoms in total. The molecule has 4 aromatic rings. The van der Waals surface area contributed by atoms with E-state index in [1.165, 1.54) is 0 Å². The number of fused-ring (bicyclic) bond motifs is 2. The van der Waals surface area contributed by atoms with E-state index in [1.54, 1.807) is 0 Å². The van der Waals surface area contributed by atoms with Gasteiger partial charge in [-0.05, 0) is 43.2 Å². The Labute approximate surface area is 209 Å². The van der Waals surface area contributed by atoms with Crippen LogP contribution in [0.3, 0.4) is 0 Å². The first-order valence-corrected chi connectivity index (χ1v) is 12.4. The molecule has 2 aromatic heterocycles. The molecule has 2 aromatic carbocycles. The Bertz CT molecular complexity index is 1490. The third-order valence-corrected chi connectivity index (χ3v) is 7.28. The van der Waals surface area contributed by atoms with Crippen molar-refractivity contribution >= 4 is 22.6 Å². The molecule has 7 heteroatoms. The van der Waals surface area contributed by atoms with Crippen LogP contribution in [0.15, 0.2) is 60.8 Å². The van der Waals surface area contributed by atoms with E-state index in [0.29, 0.717) is 56.2 Å². The van der Waals surface area contributed by atoms with E-state index < -0.39 is 0 Å². The third-order valence-electron chi connectivity index (χ3n) is 7.28. The summed E-state index contributed by atoms with van der Waals surface area (Å²) in [5.41, 5.74) is 6.30. The second-order valence-electron chi connectivity index (χ2n) is 9.47. The molecule has 1 unspecified atom stereocenters. The number of anilines is 1. The molecular weight excluding hydrogens is 450 g/mol. The zero-order chi connectivity index (χ0) is 24.6. The van der Waals surface area contributed by atoms with E-state index in [1.807, 2.05) is 65.7 Å². The van der Waals surface area contributed by atoms with Gasteiger partial charge in [-0.1, -0.05) is 30.3 Å². The number of pyridine rings is 1. The van der Waals surface area contributed by atoms with Crippen molar-refractivity contribution in [2.75, 3.05) is 31.1 Å². The van der Waals surface area contributed by atoms with Crippen molar-refractivity contribution in [1.29, 1.82) is 5.26 Å². The number of benzene rings is 2. The normalized spacial score (nSPS) is 17.6. The number of nitriles is 1. The minimum atomic E-state index is -0.0268. The quantitative estimate of drug-likeness (QED) is 0.469. The van der Waals surface area contributed by atoms with Crippen LogP contribution in [0.25, 0.3) is 22.2 Å². The summed E-state index contributed by atoms with van der Waals surface area (Å²) in [6, 6.07) is 20.3. The predicted octanol–water partition coefficient (Wildman–Crippen LogP) is 4.53. The third kappa shape index (κ3) is 3.80. The topological polar surface area (TPSA) is 85.2 Å². The second kappa shape index (κ2) is 9.14. The monoisotopic (exact) mass is 477 g/mol. The van der Waals surface area contributed by atoms with Crippen molar-refractivity contribution in [3.63, 3.8) is 0 Å². The molecule has 180 valence electrons. The van der Waals surface area contributed by atoms with Crippen LogP contribution in [0.2, 0.25) is 0 Å². The smallest absolute Gasteiger partial charge is 0.254 e. The lowest BCUT2D eigenvalue weighted by Gasteiger charge is -2.41. The van der Waals surface area contributed by atoms with Gasteiger partial charge in [-0.3, -0.25) is 4.79 Å². The first-order chi connectivity index (χ1) is 17.6. The van der Waals surface area contributed by atoms with E-state index in [2.05, 4.69) is 22.9 Å². The number of nitrogens with zero attached hydrogens (tertiary/aromatic N) is 4. The van der Waals surface area contributed by atoms with Gasteiger partial charge in [0.25, 0.3) is 5.91 Å². The van der Waals surface area contributed by atoms with Gasteiger partial charge in [-0.2, -0.15) is 5.26 Å². The zero-order valence-electron chi connectivity index (χ0n) is 20.2. The molecule has 1 N–H and O–H groups in total. The second-order valence-corrected chi connectivity index (χ2v) is 9.47. The van der Waals surface area contributed by atoms with Gasteiger partial charge in [0.05, 0.1) is 24.5 Å². The van der Waals surface area contributed by atoms with E-state index in [9.17, 15) is 10.1 Å². The lowest BCUT2D eigenvalue weighted by Crippen LogP contribution is -2.54. The lowest BCUT2D eigenvalue weighted by molar-refractivity contribution is 0.0673. The fraction of sp³-hybridized carbons (Fsp3) is 0.276. The molecule has 0 saturated carbocycles. The molecule has 0 radical (unpaired) electrons. The molecule has 1 fully saturated rings. The molecule has 6 rings (SSSR count). The standard InChI is InChI=1S/C29H27N5O2/c1-19-17-33(12-13-34(19)29(35)22-7-8-26-21(15-22)9-11-31-26)28-24(16-30)23-10-14-36-18-25(23)27(32-28)20-5-3-2-4-6-20/h2-9,11,15,19,31H,10,12-14,17-18H2,1H3. The van der Waals surface area contributed by atoms with Crippen molar-refractivity contribution in [2.24, 2.45) is 0 Å². The maximum absolute atomic E-state index is 13.4. The number of amides is 1. The molecule has 2 aliphatic heterocycles. The molecule has 1 saturated heterocycles. The largest absolute Gasteiger partial charge is 0.376 e. The van der Waals surface area contributed by atoms with E-state index >= 15 is 0 Å². The van der Waals surface area contributed by atoms with Crippen molar-refractivity contribution in [3.05, 3.63) is 83.0 Å². The Morgan fingerprint density at radius 3 is 2.81 bits per heavy atom. The molecule has 1 atom stereocenters. The zero-order valence-corrected chi connectivity index (χ0v) is 20.2. The summed E-state index contributed by atoms with van der Waals surface area (Å²) < 4.78 is 5.75. The minimum absolute atomic E-state index is 0.0268. The Hall–Kier alpha value is -4.15. The van der Waals surface area contributed by atoms with Gasteiger partial charge in [-0.25, -0.2) is 4.98 Å². The highest BCUT2D eigenvalue weighted by atomic mass is 16.5. The van der Waals surface area contributed by atoms with Crippen molar-refractivity contribution in [2.45, 2.75) is 26.0 Å². The van der Waals surface area contributed by atoms with Gasteiger partial charge in [0.1, 0.15) is 11.9 Å². The number of nitrogens with one attached hydrogen (secondary N) is 1. The number of H-pyrrole nitrogens is 1. The van der Waals surface area contributed by atoms with Crippen LogP contribution in [-0.2, 0) is 17.8 Å². The van der Waals surface area contributed by atoms with Gasteiger partial charge < -0.3 is 19.5 Å². The number of carbonyl (C=O) groups excluding carboxylic acids is 1. The Morgan fingerprint density at radius 1 is 1.14 bits per heavy atom. The fourth-order valence-electron chi connectivity index (χ4n) is 5.42. The fourth-order valence-corrected chi connectivity index (χ4v) is 5.42. The number of rotatable bonds is 3. The van der Waals surface area contributed by atoms with E-state index in [-0.39, 0.29) is 11.9 Å². The number of aromatic nitrogens is 2. The van der Waals surface area contributed by atoms with Crippen LogP contribution in [0.1, 0.15) is 34.0 Å². The van der Waals surface area contributed by atoms with Crippen molar-refractivity contribution < 1.29 is 9.53 Å². The predicted molar refractivity (Wildman–Crippen MR) is 139 cm³/mol. The number of hydrogen-bond acceptors (Lipinski definition) is 5. The summed E-state index contributed by atoms with van der Waals surface area (Å²) in [5, 5.41) is 11.2. The highest BCUT2D eigenvalue weighted by molar-refractivity contribution is 5.98. The maximum atomic E-state index is 13.4. The number of piperazine rings is 1. The summed E-state index contributed by atoms with van der Waals surface area (Å²) in [7, 11) is 0. The SMILES string of the molecule is CC1CN(c2nc(-c3ccccc3)c3c(c2C#N)CCOC3)CCN1C(=O)c1ccc2[nH]ccc2c1. The Morgan fingerprint density at radius 2 is 2.00 bits per heavy atom. The summed E-state index contributed by atoms with van der Waals surface area (Å²) in [6.45, 7) is 4.93. The Kier molecular flexibility index (Phi) is 5.67. The molecule has 4 heterocycles. The first kappa shape index (κ1) is 22.3. The summed E-state index contributed by atoms with van der Waals surface area (Å²) in [6.07, 6.45) is 2.58. The molecule has 1 amide bonds. The van der Waals surface area contributed by atoms with Crippen LogP contribution in [-0.4, -0.2) is 53.1 Å². The maximum Gasteiger partial charge on any atom is 0.254 e. The minimum Gasteiger partial charge on any atom is -0.376 e. The van der Waals surface area contributed by atoms with Crippen LogP contribution >= 0.6 is 0 Å². The van der Waals surface area contributed by atoms with Crippen LogP contribution in [0.5, 0.6) is 0 Å². The van der Waals surface area contributed by atoms with E-state index in [0.717, 1.165) is 33.3 Å². The van der Waals surface area contributed by atoms with Gasteiger partial charge in [0.15, 0.2) is 0 Å². The van der Waals surface area contributed by atoms with E-state index in [4.69, 9.17) is 9.72 Å². The Balaban J connectivity index is 1.32. The summed E-state index contributed by atoms with van der Waals surface area (Å²) in [4.78, 5) is 25.7. The summed E-state index contributed by atoms with van der Waals surface area (Å²) >= 11 is 0. The molecular formula is C29H27N5O2. The van der Waals surface area contributed by atoms with Crippen molar-refractivity contribution in [3.8, 4) is 17.3 Å². The average Bonchev–Trinajstić information content (AvgIpc) is 3.40. The van der Waals surface area contributed by atoms with Gasteiger partial charge >= 0.3 is 0 Å². The number of carbonyl (C=O) groups is 1. The van der Waals surface area contributed by atoms with Crippen LogP contribution in [0, 0.1) is 11.3 Å². The number of hydrogen-bond donors (Lipinski definition) is 1. The van der Waals surface area contributed by atoms with Gasteiger partial charge in [0, 0.05) is 59.5 Å². The number of aromatic amines is 1. The van der Waals surface area contributed by atoms with Crippen molar-refractivity contribution in [1.82, 2.24) is 14.9 Å². The first-order valence-electron chi connectivity index (χ1n) is 12.4. The summed E-state index contributed by atoms with van der Waals surface area (Å²) in [5.74, 6) is 0.746. The lowest BCUT2D eigenvalue weighted by atomic mass is 9.93. The number of ether oxygens (including phenoxy) is 1. The molecule has 0 aliphatic carbocycles. The highest BCUT2D eigenvalue weighted by Crippen LogP contribution is 2.35. The molecule has 2 aliphatic rings. The highest BCUT2D eigenvalue weighted by Gasteiger charge is 2.32. The average molecular weight is 478 g/mol. The van der Waals surface area contributed by atoms with Crippen LogP contribution in [0.4, 0.5) is 5.82 Å². The van der Waals surface area contributed by atoms with Gasteiger partial charge in [0.2, 0.25) is 0 Å². The molecule has 36 heavy (non-hydrogen) atoms. The van der Waals surface area contributed by atoms with Gasteiger partial charge in [-0.15, -0.1) is 0 Å². The van der Waals surface area contributed by atoms with Crippen LogP contribution < -0.4 is 4.90 Å².